The highest BCUT2D eigenvalue weighted by Gasteiger charge is 2.28. The smallest absolute Gasteiger partial charge is 0.280 e. The number of para-hydroxylation sites is 1. The number of benzene rings is 1. The van der Waals surface area contributed by atoms with Gasteiger partial charge in [-0.3, -0.25) is 9.98 Å². The summed E-state index contributed by atoms with van der Waals surface area (Å²) in [6.07, 6.45) is -0.863. The van der Waals surface area contributed by atoms with Crippen molar-refractivity contribution < 1.29 is 17.9 Å². The molecule has 0 unspecified atom stereocenters. The van der Waals surface area contributed by atoms with Gasteiger partial charge in [-0.15, -0.1) is 0 Å². The Bertz CT molecular complexity index is 820. The topological polar surface area (TPSA) is 34.5 Å². The van der Waals surface area contributed by atoms with Crippen molar-refractivity contribution in [2.75, 3.05) is 0 Å². The van der Waals surface area contributed by atoms with Crippen LogP contribution in [0.25, 0.3) is 0 Å². The van der Waals surface area contributed by atoms with Gasteiger partial charge in [0.05, 0.1) is 11.8 Å². The molecule has 1 aromatic heterocycles. The number of aliphatic imine (C=N–C) groups is 1. The van der Waals surface area contributed by atoms with E-state index in [1.54, 1.807) is 25.1 Å². The van der Waals surface area contributed by atoms with Crippen molar-refractivity contribution in [2.24, 2.45) is 4.99 Å². The summed E-state index contributed by atoms with van der Waals surface area (Å²) in [5.41, 5.74) is 1.70. The molecule has 1 aliphatic rings. The van der Waals surface area contributed by atoms with Gasteiger partial charge in [-0.2, -0.15) is 0 Å². The minimum atomic E-state index is -2.64. The SMILES string of the molecule is CC[C@@H]1Oc2c(F)cccc2C(c2cnc(C(F)F)c(C)c2)=N[C@H]1C. The zero-order chi connectivity index (χ0) is 18.1. The molecule has 0 aliphatic carbocycles. The molecule has 25 heavy (non-hydrogen) atoms. The summed E-state index contributed by atoms with van der Waals surface area (Å²) in [6, 6.07) is 6.04. The van der Waals surface area contributed by atoms with E-state index in [0.29, 0.717) is 28.8 Å². The molecule has 1 aromatic carbocycles. The maximum Gasteiger partial charge on any atom is 0.280 e. The number of fused-ring (bicyclic) bond motifs is 1. The molecule has 3 nitrogen and oxygen atoms in total. The lowest BCUT2D eigenvalue weighted by Crippen LogP contribution is -2.26. The molecule has 0 saturated carbocycles. The Hall–Kier alpha value is -2.37. The molecule has 0 fully saturated rings. The number of aromatic nitrogens is 1. The Kier molecular flexibility index (Phi) is 4.79. The standard InChI is InChI=1S/C19H19F3N2O/c1-4-15-11(3)24-17(13-6-5-7-14(20)18(13)25-15)12-8-10(2)16(19(21)22)23-9-12/h5-9,11,15,19H,4H2,1-3H3/t11-,15-/m0/s1. The average molecular weight is 348 g/mol. The second-order valence-electron chi connectivity index (χ2n) is 6.13. The summed E-state index contributed by atoms with van der Waals surface area (Å²) in [5.74, 6) is -0.320. The van der Waals surface area contributed by atoms with Crippen LogP contribution in [0, 0.1) is 12.7 Å². The van der Waals surface area contributed by atoms with Gasteiger partial charge >= 0.3 is 0 Å². The first-order valence-electron chi connectivity index (χ1n) is 8.20. The third-order valence-corrected chi connectivity index (χ3v) is 4.36. The molecule has 6 heteroatoms. The first-order valence-corrected chi connectivity index (χ1v) is 8.20. The van der Waals surface area contributed by atoms with Crippen LogP contribution < -0.4 is 4.74 Å². The number of rotatable bonds is 3. The minimum Gasteiger partial charge on any atom is -0.484 e. The van der Waals surface area contributed by atoms with E-state index in [4.69, 9.17) is 9.73 Å². The lowest BCUT2D eigenvalue weighted by atomic mass is 10.0. The maximum atomic E-state index is 14.3. The predicted octanol–water partition coefficient (Wildman–Crippen LogP) is 4.86. The van der Waals surface area contributed by atoms with Crippen molar-refractivity contribution in [1.82, 2.24) is 4.98 Å². The van der Waals surface area contributed by atoms with E-state index in [2.05, 4.69) is 4.98 Å². The predicted molar refractivity (Wildman–Crippen MR) is 90.1 cm³/mol. The lowest BCUT2D eigenvalue weighted by molar-refractivity contribution is 0.145. The summed E-state index contributed by atoms with van der Waals surface area (Å²) in [7, 11) is 0. The molecule has 2 atom stereocenters. The molecule has 0 saturated heterocycles. The van der Waals surface area contributed by atoms with Crippen molar-refractivity contribution in [3.8, 4) is 5.75 Å². The van der Waals surface area contributed by atoms with Crippen LogP contribution in [0.1, 0.15) is 49.1 Å². The highest BCUT2D eigenvalue weighted by Crippen LogP contribution is 2.32. The van der Waals surface area contributed by atoms with Gasteiger partial charge in [-0.05, 0) is 44.0 Å². The largest absolute Gasteiger partial charge is 0.484 e. The molecule has 1 aliphatic heterocycles. The van der Waals surface area contributed by atoms with Gasteiger partial charge in [-0.1, -0.05) is 13.0 Å². The van der Waals surface area contributed by atoms with Gasteiger partial charge in [0.15, 0.2) is 11.6 Å². The number of hydrogen-bond donors (Lipinski definition) is 0. The Morgan fingerprint density at radius 2 is 2.04 bits per heavy atom. The van der Waals surface area contributed by atoms with E-state index in [0.717, 1.165) is 0 Å². The normalized spacial score (nSPS) is 19.9. The highest BCUT2D eigenvalue weighted by atomic mass is 19.3. The first kappa shape index (κ1) is 17.5. The molecule has 3 rings (SSSR count). The van der Waals surface area contributed by atoms with Crippen molar-refractivity contribution in [3.05, 3.63) is 58.7 Å². The van der Waals surface area contributed by atoms with E-state index >= 15 is 0 Å². The number of hydrogen-bond acceptors (Lipinski definition) is 3. The fourth-order valence-electron chi connectivity index (χ4n) is 3.02. The summed E-state index contributed by atoms with van der Waals surface area (Å²) in [5, 5.41) is 0. The number of nitrogens with zero attached hydrogens (tertiary/aromatic N) is 2. The molecule has 0 spiro atoms. The van der Waals surface area contributed by atoms with Crippen LogP contribution in [0.5, 0.6) is 5.75 Å². The van der Waals surface area contributed by atoms with Crippen LogP contribution in [0.4, 0.5) is 13.2 Å². The van der Waals surface area contributed by atoms with Crippen LogP contribution in [0.3, 0.4) is 0 Å². The Morgan fingerprint density at radius 3 is 2.68 bits per heavy atom. The van der Waals surface area contributed by atoms with Gasteiger partial charge in [0.25, 0.3) is 6.43 Å². The van der Waals surface area contributed by atoms with Crippen LogP contribution in [0.2, 0.25) is 0 Å². The fraction of sp³-hybridized carbons (Fsp3) is 0.368. The summed E-state index contributed by atoms with van der Waals surface area (Å²) in [4.78, 5) is 8.57. The van der Waals surface area contributed by atoms with Crippen molar-refractivity contribution in [2.45, 2.75) is 45.8 Å². The van der Waals surface area contributed by atoms with Crippen LogP contribution >= 0.6 is 0 Å². The number of pyridine rings is 1. The molecule has 2 heterocycles. The van der Waals surface area contributed by atoms with Crippen molar-refractivity contribution >= 4 is 5.71 Å². The summed E-state index contributed by atoms with van der Waals surface area (Å²) in [6.45, 7) is 5.42. The summed E-state index contributed by atoms with van der Waals surface area (Å²) >= 11 is 0. The molecule has 0 radical (unpaired) electrons. The van der Waals surface area contributed by atoms with E-state index in [-0.39, 0.29) is 23.6 Å². The number of alkyl halides is 2. The van der Waals surface area contributed by atoms with Crippen LogP contribution in [-0.4, -0.2) is 22.8 Å². The molecule has 0 amide bonds. The van der Waals surface area contributed by atoms with Gasteiger partial charge in [0, 0.05) is 17.3 Å². The maximum absolute atomic E-state index is 14.3. The van der Waals surface area contributed by atoms with Gasteiger partial charge in [-0.25, -0.2) is 13.2 Å². The average Bonchev–Trinajstić information content (AvgIpc) is 2.72. The summed E-state index contributed by atoms with van der Waals surface area (Å²) < 4.78 is 46.1. The van der Waals surface area contributed by atoms with Crippen molar-refractivity contribution in [3.63, 3.8) is 0 Å². The van der Waals surface area contributed by atoms with E-state index in [1.807, 2.05) is 13.8 Å². The van der Waals surface area contributed by atoms with Crippen LogP contribution in [0.15, 0.2) is 35.5 Å². The number of halogens is 3. The zero-order valence-electron chi connectivity index (χ0n) is 14.3. The molecule has 132 valence electrons. The monoisotopic (exact) mass is 348 g/mol. The van der Waals surface area contributed by atoms with Gasteiger partial charge < -0.3 is 4.74 Å². The van der Waals surface area contributed by atoms with E-state index in [9.17, 15) is 13.2 Å². The number of ether oxygens (including phenoxy) is 1. The first-order chi connectivity index (χ1) is 11.9. The molecule has 2 aromatic rings. The zero-order valence-corrected chi connectivity index (χ0v) is 14.3. The molecule has 0 N–H and O–H groups in total. The fourth-order valence-corrected chi connectivity index (χ4v) is 3.02. The van der Waals surface area contributed by atoms with E-state index < -0.39 is 12.2 Å². The van der Waals surface area contributed by atoms with Gasteiger partial charge in [0.1, 0.15) is 11.8 Å². The number of aryl methyl sites for hydroxylation is 1. The highest BCUT2D eigenvalue weighted by molar-refractivity contribution is 6.14. The minimum absolute atomic E-state index is 0.146. The van der Waals surface area contributed by atoms with E-state index in [1.165, 1.54) is 12.3 Å². The quantitative estimate of drug-likeness (QED) is 0.794. The Labute approximate surface area is 144 Å². The Morgan fingerprint density at radius 1 is 1.28 bits per heavy atom. The van der Waals surface area contributed by atoms with Crippen molar-refractivity contribution in [1.29, 1.82) is 0 Å². The van der Waals surface area contributed by atoms with Gasteiger partial charge in [0.2, 0.25) is 0 Å². The third-order valence-electron chi connectivity index (χ3n) is 4.36. The van der Waals surface area contributed by atoms with Crippen LogP contribution in [-0.2, 0) is 0 Å². The second kappa shape index (κ2) is 6.86. The lowest BCUT2D eigenvalue weighted by Gasteiger charge is -2.19. The molecular weight excluding hydrogens is 329 g/mol. The second-order valence-corrected chi connectivity index (χ2v) is 6.13. The third kappa shape index (κ3) is 3.25. The Balaban J connectivity index is 2.17. The molecule has 0 bridgehead atoms. The molecular formula is C19H19F3N2O.